The maximum Gasteiger partial charge on any atom is 0.200 e. The van der Waals surface area contributed by atoms with Gasteiger partial charge in [-0.2, -0.15) is 0 Å². The topological polar surface area (TPSA) is 74.8 Å². The second-order valence-electron chi connectivity index (χ2n) is 5.47. The highest BCUT2D eigenvalue weighted by atomic mass is 35.5. The van der Waals surface area contributed by atoms with E-state index in [0.717, 1.165) is 11.1 Å². The fourth-order valence-corrected chi connectivity index (χ4v) is 2.69. The van der Waals surface area contributed by atoms with Crippen LogP contribution in [-0.2, 0) is 6.42 Å². The Labute approximate surface area is 166 Å². The van der Waals surface area contributed by atoms with Gasteiger partial charge in [0, 0.05) is 6.54 Å². The van der Waals surface area contributed by atoms with Gasteiger partial charge in [0.1, 0.15) is 5.82 Å². The summed E-state index contributed by atoms with van der Waals surface area (Å²) in [5.41, 5.74) is 7.64. The van der Waals surface area contributed by atoms with Crippen molar-refractivity contribution in [1.82, 2.24) is 10.6 Å². The number of hydrogen-bond donors (Lipinski definition) is 3. The molecule has 26 heavy (non-hydrogen) atoms. The van der Waals surface area contributed by atoms with Gasteiger partial charge in [-0.05, 0) is 41.8 Å². The van der Waals surface area contributed by atoms with Crippen molar-refractivity contribution >= 4 is 47.5 Å². The Morgan fingerprint density at radius 2 is 1.85 bits per heavy atom. The van der Waals surface area contributed by atoms with E-state index in [1.807, 2.05) is 12.1 Å². The summed E-state index contributed by atoms with van der Waals surface area (Å²) in [5.74, 6) is 0.466. The third-order valence-corrected chi connectivity index (χ3v) is 4.37. The molecule has 1 aliphatic heterocycles. The Hall–Kier alpha value is -2.02. The minimum absolute atomic E-state index is 0. The molecule has 1 aliphatic rings. The van der Waals surface area contributed by atoms with Crippen LogP contribution in [0.25, 0.3) is 0 Å². The van der Waals surface area contributed by atoms with Gasteiger partial charge in [-0.25, -0.2) is 9.38 Å². The van der Waals surface area contributed by atoms with E-state index >= 15 is 0 Å². The first-order valence-corrected chi connectivity index (χ1v) is 8.37. The van der Waals surface area contributed by atoms with Gasteiger partial charge in [0.05, 0.1) is 10.0 Å². The van der Waals surface area contributed by atoms with Crippen molar-refractivity contribution in [3.05, 3.63) is 69.5 Å². The number of nitrogens with one attached hydrogen (secondary N) is 2. The Balaban J connectivity index is 0.00000243. The maximum atomic E-state index is 13.1. The number of guanidine groups is 2. The van der Waals surface area contributed by atoms with E-state index in [-0.39, 0.29) is 24.2 Å². The molecule has 0 fully saturated rings. The quantitative estimate of drug-likeness (QED) is 0.712. The fraction of sp³-hybridized carbons (Fsp3) is 0.176. The Bertz CT molecular complexity index is 824. The monoisotopic (exact) mass is 415 g/mol. The summed E-state index contributed by atoms with van der Waals surface area (Å²) in [6, 6.07) is 11.6. The van der Waals surface area contributed by atoms with Crippen molar-refractivity contribution < 1.29 is 4.39 Å². The van der Waals surface area contributed by atoms with Crippen molar-refractivity contribution in [2.45, 2.75) is 12.6 Å². The van der Waals surface area contributed by atoms with Gasteiger partial charge < -0.3 is 11.1 Å². The third-order valence-electron chi connectivity index (χ3n) is 3.63. The van der Waals surface area contributed by atoms with E-state index in [2.05, 4.69) is 20.6 Å². The van der Waals surface area contributed by atoms with Crippen LogP contribution < -0.4 is 16.4 Å². The Kier molecular flexibility index (Phi) is 7.08. The van der Waals surface area contributed by atoms with Gasteiger partial charge in [-0.1, -0.05) is 41.4 Å². The molecule has 2 aromatic rings. The maximum absolute atomic E-state index is 13.1. The number of hydrogen-bond acceptors (Lipinski definition) is 3. The van der Waals surface area contributed by atoms with Gasteiger partial charge >= 0.3 is 0 Å². The highest BCUT2D eigenvalue weighted by Crippen LogP contribution is 2.22. The summed E-state index contributed by atoms with van der Waals surface area (Å²) in [6.45, 7) is 0.525. The summed E-state index contributed by atoms with van der Waals surface area (Å²) in [6.07, 6.45) is 0.285. The molecule has 1 heterocycles. The first-order valence-electron chi connectivity index (χ1n) is 7.62. The molecule has 138 valence electrons. The van der Waals surface area contributed by atoms with Crippen LogP contribution in [0.3, 0.4) is 0 Å². The lowest BCUT2D eigenvalue weighted by Crippen LogP contribution is -2.50. The number of halogens is 4. The summed E-state index contributed by atoms with van der Waals surface area (Å²) in [7, 11) is 0. The number of benzene rings is 2. The van der Waals surface area contributed by atoms with Gasteiger partial charge in [-0.3, -0.25) is 10.3 Å². The molecule has 0 aliphatic carbocycles. The van der Waals surface area contributed by atoms with E-state index in [0.29, 0.717) is 29.0 Å². The predicted molar refractivity (Wildman–Crippen MR) is 107 cm³/mol. The van der Waals surface area contributed by atoms with Gasteiger partial charge in [-0.15, -0.1) is 12.4 Å². The van der Waals surface area contributed by atoms with Crippen LogP contribution in [0.4, 0.5) is 4.39 Å². The van der Waals surface area contributed by atoms with E-state index < -0.39 is 6.17 Å². The number of aliphatic imine (C=N–C) groups is 2. The van der Waals surface area contributed by atoms with Gasteiger partial charge in [0.15, 0.2) is 18.1 Å². The zero-order valence-corrected chi connectivity index (χ0v) is 15.9. The highest BCUT2D eigenvalue weighted by Gasteiger charge is 2.18. The molecule has 1 atom stereocenters. The largest absolute Gasteiger partial charge is 0.370 e. The predicted octanol–water partition coefficient (Wildman–Crippen LogP) is 3.66. The molecule has 3 rings (SSSR count). The first-order chi connectivity index (χ1) is 12.0. The molecule has 2 aromatic carbocycles. The summed E-state index contributed by atoms with van der Waals surface area (Å²) >= 11 is 11.9. The molecule has 0 bridgehead atoms. The Morgan fingerprint density at radius 3 is 2.54 bits per heavy atom. The SMILES string of the molecule is Cl.NC1=NC(c2ccc(F)cc2)NC(=NCCc2ccc(Cl)c(Cl)c2)N1. The lowest BCUT2D eigenvalue weighted by Gasteiger charge is -2.24. The van der Waals surface area contributed by atoms with Gasteiger partial charge in [0.25, 0.3) is 0 Å². The van der Waals surface area contributed by atoms with Crippen LogP contribution >= 0.6 is 35.6 Å². The van der Waals surface area contributed by atoms with Crippen LogP contribution in [0.2, 0.25) is 10.0 Å². The van der Waals surface area contributed by atoms with Crippen LogP contribution in [0.1, 0.15) is 17.3 Å². The van der Waals surface area contributed by atoms with Crippen molar-refractivity contribution in [2.24, 2.45) is 15.7 Å². The summed E-state index contributed by atoms with van der Waals surface area (Å²) in [4.78, 5) is 8.71. The lowest BCUT2D eigenvalue weighted by atomic mass is 10.1. The molecule has 0 amide bonds. The van der Waals surface area contributed by atoms with Crippen molar-refractivity contribution in [1.29, 1.82) is 0 Å². The summed E-state index contributed by atoms with van der Waals surface area (Å²) in [5, 5.41) is 7.06. The van der Waals surface area contributed by atoms with Crippen molar-refractivity contribution in [3.63, 3.8) is 0 Å². The molecule has 9 heteroatoms. The highest BCUT2D eigenvalue weighted by molar-refractivity contribution is 6.42. The van der Waals surface area contributed by atoms with Crippen LogP contribution in [0.5, 0.6) is 0 Å². The average molecular weight is 417 g/mol. The number of nitrogens with two attached hydrogens (primary N) is 1. The second-order valence-corrected chi connectivity index (χ2v) is 6.28. The fourth-order valence-electron chi connectivity index (χ4n) is 2.37. The van der Waals surface area contributed by atoms with Crippen LogP contribution in [-0.4, -0.2) is 18.5 Å². The molecular formula is C17H17Cl3FN5. The standard InChI is InChI=1S/C17H16Cl2FN5.ClH/c18-13-6-1-10(9-14(13)19)7-8-22-17-24-15(23-16(21)25-17)11-2-4-12(20)5-3-11;/h1-6,9,15H,7-8H2,(H4,21,22,23,24,25);1H. The molecule has 5 nitrogen and oxygen atoms in total. The number of nitrogens with zero attached hydrogens (tertiary/aromatic N) is 2. The van der Waals surface area contributed by atoms with Crippen molar-refractivity contribution in [2.75, 3.05) is 6.54 Å². The zero-order chi connectivity index (χ0) is 17.8. The molecule has 0 aromatic heterocycles. The molecule has 0 saturated carbocycles. The smallest absolute Gasteiger partial charge is 0.200 e. The summed E-state index contributed by atoms with van der Waals surface area (Å²) < 4.78 is 13.1. The van der Waals surface area contributed by atoms with Gasteiger partial charge in [0.2, 0.25) is 0 Å². The molecule has 0 radical (unpaired) electrons. The van der Waals surface area contributed by atoms with E-state index in [1.165, 1.54) is 12.1 Å². The normalized spacial score (nSPS) is 17.7. The molecule has 0 saturated heterocycles. The zero-order valence-electron chi connectivity index (χ0n) is 13.5. The Morgan fingerprint density at radius 1 is 1.12 bits per heavy atom. The van der Waals surface area contributed by atoms with Crippen LogP contribution in [0.15, 0.2) is 52.4 Å². The lowest BCUT2D eigenvalue weighted by molar-refractivity contribution is 0.618. The van der Waals surface area contributed by atoms with E-state index in [1.54, 1.807) is 18.2 Å². The van der Waals surface area contributed by atoms with Crippen molar-refractivity contribution in [3.8, 4) is 0 Å². The minimum atomic E-state index is -0.412. The first kappa shape index (κ1) is 20.3. The molecule has 4 N–H and O–H groups in total. The molecule has 1 unspecified atom stereocenters. The van der Waals surface area contributed by atoms with Crippen LogP contribution in [0, 0.1) is 5.82 Å². The third kappa shape index (κ3) is 5.24. The molecule has 0 spiro atoms. The second kappa shape index (κ2) is 9.07. The number of rotatable bonds is 4. The van der Waals surface area contributed by atoms with E-state index in [4.69, 9.17) is 28.9 Å². The minimum Gasteiger partial charge on any atom is -0.370 e. The average Bonchev–Trinajstić information content (AvgIpc) is 2.58. The molecular weight excluding hydrogens is 400 g/mol. The van der Waals surface area contributed by atoms with E-state index in [9.17, 15) is 4.39 Å².